The van der Waals surface area contributed by atoms with Crippen molar-refractivity contribution in [3.05, 3.63) is 0 Å². The highest BCUT2D eigenvalue weighted by Gasteiger charge is 2.13. The molecule has 1 fully saturated rings. The summed E-state index contributed by atoms with van der Waals surface area (Å²) in [7, 11) is -1.58. The summed E-state index contributed by atoms with van der Waals surface area (Å²) in [5.74, 6) is 0.937. The minimum Gasteiger partial charge on any atom is -0.315 e. The largest absolute Gasteiger partial charge is 0.315 e. The molecule has 90 valence electrons. The summed E-state index contributed by atoms with van der Waals surface area (Å²) in [5, 5.41) is 3.23. The highest BCUT2D eigenvalue weighted by Crippen LogP contribution is 2.22. The van der Waals surface area contributed by atoms with E-state index in [4.69, 9.17) is 0 Å². The Hall–Kier alpha value is -0.130. The molecule has 5 heteroatoms. The fraction of sp³-hybridized carbons (Fsp3) is 1.00. The maximum atomic E-state index is 11.1. The average Bonchev–Trinajstić information content (AvgIpc) is 2.26. The normalized spacial score (nSPS) is 19.3. The Morgan fingerprint density at radius 2 is 1.87 bits per heavy atom. The third-order valence-electron chi connectivity index (χ3n) is 3.02. The quantitative estimate of drug-likeness (QED) is 0.665. The molecule has 0 spiro atoms. The smallest absolute Gasteiger partial charge is 0.212 e. The summed E-state index contributed by atoms with van der Waals surface area (Å²) in [5.41, 5.74) is 0. The first-order valence-electron chi connectivity index (χ1n) is 5.76. The molecule has 0 unspecified atom stereocenters. The van der Waals surface area contributed by atoms with Gasteiger partial charge in [-0.2, -0.15) is 0 Å². The average molecular weight is 234 g/mol. The first-order valence-corrected chi connectivity index (χ1v) is 7.41. The fourth-order valence-corrected chi connectivity index (χ4v) is 2.62. The van der Waals surface area contributed by atoms with Gasteiger partial charge in [0.2, 0.25) is 10.0 Å². The SMILES string of the molecule is CNS(=O)(=O)CCNCC1CCCCC1. The van der Waals surface area contributed by atoms with E-state index in [1.165, 1.54) is 39.2 Å². The van der Waals surface area contributed by atoms with E-state index >= 15 is 0 Å². The summed E-state index contributed by atoms with van der Waals surface area (Å²) in [6.45, 7) is 1.53. The first-order chi connectivity index (χ1) is 7.14. The van der Waals surface area contributed by atoms with Crippen LogP contribution >= 0.6 is 0 Å². The lowest BCUT2D eigenvalue weighted by Crippen LogP contribution is -2.32. The standard InChI is InChI=1S/C10H22N2O2S/c1-11-15(13,14)8-7-12-9-10-5-3-2-4-6-10/h10-12H,2-9H2,1H3. The van der Waals surface area contributed by atoms with E-state index in [9.17, 15) is 8.42 Å². The van der Waals surface area contributed by atoms with Crippen molar-refractivity contribution < 1.29 is 8.42 Å². The van der Waals surface area contributed by atoms with Crippen LogP contribution in [0, 0.1) is 5.92 Å². The third kappa shape index (κ3) is 5.49. The number of nitrogens with one attached hydrogen (secondary N) is 2. The molecule has 1 rings (SSSR count). The molecule has 0 aromatic heterocycles. The Bertz CT molecular complexity index is 259. The second-order valence-electron chi connectivity index (χ2n) is 4.23. The molecule has 0 atom stereocenters. The molecule has 1 aliphatic carbocycles. The Kier molecular flexibility index (Phi) is 5.56. The molecule has 0 aromatic rings. The van der Waals surface area contributed by atoms with Crippen molar-refractivity contribution in [2.45, 2.75) is 32.1 Å². The predicted octanol–water partition coefficient (Wildman–Crippen LogP) is 0.705. The van der Waals surface area contributed by atoms with Gasteiger partial charge < -0.3 is 5.32 Å². The monoisotopic (exact) mass is 234 g/mol. The fourth-order valence-electron chi connectivity index (χ4n) is 2.01. The summed E-state index contributed by atoms with van der Waals surface area (Å²) in [6.07, 6.45) is 6.63. The molecular formula is C10H22N2O2S. The van der Waals surface area contributed by atoms with Gasteiger partial charge in [-0.1, -0.05) is 19.3 Å². The zero-order chi connectivity index (χ0) is 11.1. The van der Waals surface area contributed by atoms with Crippen molar-refractivity contribution in [2.24, 2.45) is 5.92 Å². The number of hydrogen-bond acceptors (Lipinski definition) is 3. The molecule has 0 bridgehead atoms. The molecule has 0 radical (unpaired) electrons. The van der Waals surface area contributed by atoms with E-state index in [1.807, 2.05) is 0 Å². The second-order valence-corrected chi connectivity index (χ2v) is 6.28. The van der Waals surface area contributed by atoms with Crippen molar-refractivity contribution in [1.82, 2.24) is 10.0 Å². The van der Waals surface area contributed by atoms with Gasteiger partial charge in [0.05, 0.1) is 5.75 Å². The van der Waals surface area contributed by atoms with Gasteiger partial charge in [-0.3, -0.25) is 0 Å². The van der Waals surface area contributed by atoms with Crippen LogP contribution in [0.5, 0.6) is 0 Å². The summed E-state index contributed by atoms with van der Waals surface area (Å²) >= 11 is 0. The van der Waals surface area contributed by atoms with Crippen molar-refractivity contribution in [3.63, 3.8) is 0 Å². The van der Waals surface area contributed by atoms with Gasteiger partial charge in [0.25, 0.3) is 0 Å². The lowest BCUT2D eigenvalue weighted by atomic mass is 9.89. The molecule has 1 aliphatic rings. The van der Waals surface area contributed by atoms with Crippen molar-refractivity contribution in [2.75, 3.05) is 25.9 Å². The lowest BCUT2D eigenvalue weighted by molar-refractivity contribution is 0.345. The zero-order valence-electron chi connectivity index (χ0n) is 9.46. The van der Waals surface area contributed by atoms with Gasteiger partial charge in [-0.15, -0.1) is 0 Å². The van der Waals surface area contributed by atoms with E-state index in [-0.39, 0.29) is 5.75 Å². The van der Waals surface area contributed by atoms with Gasteiger partial charge >= 0.3 is 0 Å². The highest BCUT2D eigenvalue weighted by molar-refractivity contribution is 7.89. The molecule has 0 heterocycles. The Labute approximate surface area is 92.9 Å². The van der Waals surface area contributed by atoms with E-state index < -0.39 is 10.0 Å². The van der Waals surface area contributed by atoms with Crippen LogP contribution in [0.25, 0.3) is 0 Å². The Morgan fingerprint density at radius 1 is 1.20 bits per heavy atom. The number of hydrogen-bond donors (Lipinski definition) is 2. The summed E-state index contributed by atoms with van der Waals surface area (Å²) in [4.78, 5) is 0. The Balaban J connectivity index is 2.06. The van der Waals surface area contributed by atoms with Crippen LogP contribution in [0.2, 0.25) is 0 Å². The van der Waals surface area contributed by atoms with E-state index in [1.54, 1.807) is 0 Å². The van der Waals surface area contributed by atoms with Crippen LogP contribution in [0.15, 0.2) is 0 Å². The molecule has 15 heavy (non-hydrogen) atoms. The maximum Gasteiger partial charge on any atom is 0.212 e. The van der Waals surface area contributed by atoms with Gasteiger partial charge in [0.15, 0.2) is 0 Å². The molecule has 1 saturated carbocycles. The van der Waals surface area contributed by atoms with Crippen molar-refractivity contribution in [3.8, 4) is 0 Å². The van der Waals surface area contributed by atoms with Crippen molar-refractivity contribution in [1.29, 1.82) is 0 Å². The van der Waals surface area contributed by atoms with Crippen LogP contribution in [-0.2, 0) is 10.0 Å². The molecule has 0 saturated heterocycles. The van der Waals surface area contributed by atoms with Crippen LogP contribution in [0.4, 0.5) is 0 Å². The van der Waals surface area contributed by atoms with Gasteiger partial charge in [0, 0.05) is 6.54 Å². The molecular weight excluding hydrogens is 212 g/mol. The summed E-state index contributed by atoms with van der Waals surface area (Å²) in [6, 6.07) is 0. The van der Waals surface area contributed by atoms with Crippen LogP contribution in [0.3, 0.4) is 0 Å². The zero-order valence-corrected chi connectivity index (χ0v) is 10.3. The first kappa shape index (κ1) is 12.9. The van der Waals surface area contributed by atoms with Gasteiger partial charge in [-0.05, 0) is 32.4 Å². The van der Waals surface area contributed by atoms with E-state index in [2.05, 4.69) is 10.0 Å². The minimum absolute atomic E-state index is 0.177. The van der Waals surface area contributed by atoms with E-state index in [0.29, 0.717) is 6.54 Å². The van der Waals surface area contributed by atoms with Gasteiger partial charge in [-0.25, -0.2) is 13.1 Å². The van der Waals surface area contributed by atoms with E-state index in [0.717, 1.165) is 12.5 Å². The predicted molar refractivity (Wildman–Crippen MR) is 62.3 cm³/mol. The number of rotatable bonds is 6. The molecule has 2 N–H and O–H groups in total. The van der Waals surface area contributed by atoms with Crippen LogP contribution < -0.4 is 10.0 Å². The topological polar surface area (TPSA) is 58.2 Å². The molecule has 0 aliphatic heterocycles. The highest BCUT2D eigenvalue weighted by atomic mass is 32.2. The van der Waals surface area contributed by atoms with Gasteiger partial charge in [0.1, 0.15) is 0 Å². The second kappa shape index (κ2) is 6.45. The molecule has 0 amide bonds. The molecule has 4 nitrogen and oxygen atoms in total. The Morgan fingerprint density at radius 3 is 2.47 bits per heavy atom. The van der Waals surface area contributed by atoms with Crippen LogP contribution in [-0.4, -0.2) is 34.3 Å². The minimum atomic E-state index is -3.03. The number of sulfonamides is 1. The molecule has 0 aromatic carbocycles. The third-order valence-corrected chi connectivity index (χ3v) is 4.38. The van der Waals surface area contributed by atoms with Crippen LogP contribution in [0.1, 0.15) is 32.1 Å². The maximum absolute atomic E-state index is 11.1. The van der Waals surface area contributed by atoms with Crippen molar-refractivity contribution >= 4 is 10.0 Å². The lowest BCUT2D eigenvalue weighted by Gasteiger charge is -2.21. The summed E-state index contributed by atoms with van der Waals surface area (Å²) < 4.78 is 24.5.